The maximum atomic E-state index is 6.28. The third kappa shape index (κ3) is 3.09. The fourth-order valence-electron chi connectivity index (χ4n) is 2.93. The van der Waals surface area contributed by atoms with Gasteiger partial charge in [-0.05, 0) is 29.5 Å². The van der Waals surface area contributed by atoms with Crippen molar-refractivity contribution in [1.82, 2.24) is 4.90 Å². The molecule has 0 aromatic heterocycles. The molecule has 20 heavy (non-hydrogen) atoms. The van der Waals surface area contributed by atoms with E-state index in [1.807, 2.05) is 6.07 Å². The van der Waals surface area contributed by atoms with Crippen molar-refractivity contribution >= 4 is 0 Å². The fraction of sp³-hybridized carbons (Fsp3) is 0.333. The molecule has 0 spiro atoms. The molecule has 2 aromatic rings. The lowest BCUT2D eigenvalue weighted by Crippen LogP contribution is -2.32. The summed E-state index contributed by atoms with van der Waals surface area (Å²) in [7, 11) is 0. The van der Waals surface area contributed by atoms with Crippen molar-refractivity contribution in [2.45, 2.75) is 25.4 Å². The molecule has 0 saturated carbocycles. The molecule has 2 heteroatoms. The Bertz CT molecular complexity index is 550. The van der Waals surface area contributed by atoms with E-state index in [2.05, 4.69) is 53.4 Å². The van der Waals surface area contributed by atoms with Crippen molar-refractivity contribution in [2.75, 3.05) is 13.1 Å². The Balaban J connectivity index is 1.55. The summed E-state index contributed by atoms with van der Waals surface area (Å²) < 4.78 is 0. The fourth-order valence-corrected chi connectivity index (χ4v) is 2.93. The van der Waals surface area contributed by atoms with Gasteiger partial charge in [0.2, 0.25) is 0 Å². The van der Waals surface area contributed by atoms with Crippen molar-refractivity contribution in [3.05, 3.63) is 71.3 Å². The molecule has 0 bridgehead atoms. The molecule has 0 aliphatic carbocycles. The summed E-state index contributed by atoms with van der Waals surface area (Å²) in [4.78, 5) is 2.52. The van der Waals surface area contributed by atoms with Crippen LogP contribution in [-0.2, 0) is 13.0 Å². The lowest BCUT2D eigenvalue weighted by molar-refractivity contribution is 0.244. The molecular formula is C18H22N2. The van der Waals surface area contributed by atoms with Crippen LogP contribution in [0.3, 0.4) is 0 Å². The van der Waals surface area contributed by atoms with E-state index in [1.54, 1.807) is 0 Å². The number of nitrogens with zero attached hydrogens (tertiary/aromatic N) is 1. The molecular weight excluding hydrogens is 244 g/mol. The Labute approximate surface area is 121 Å². The first-order chi connectivity index (χ1) is 9.83. The van der Waals surface area contributed by atoms with Crippen LogP contribution in [0.5, 0.6) is 0 Å². The minimum Gasteiger partial charge on any atom is -0.324 e. The maximum absolute atomic E-state index is 6.28. The smallest absolute Gasteiger partial charge is 0.0307 e. The number of rotatable bonds is 4. The zero-order valence-electron chi connectivity index (χ0n) is 11.8. The summed E-state index contributed by atoms with van der Waals surface area (Å²) in [5.74, 6) is 0. The molecule has 2 nitrogen and oxygen atoms in total. The Morgan fingerprint density at radius 1 is 0.950 bits per heavy atom. The van der Waals surface area contributed by atoms with Crippen LogP contribution < -0.4 is 5.73 Å². The standard InChI is InChI=1S/C18H22N2/c19-18(16-7-2-1-3-8-16)11-13-20-12-10-15-6-4-5-9-17(15)14-20/h1-9,18H,10-14,19H2. The first-order valence-corrected chi connectivity index (χ1v) is 7.42. The quantitative estimate of drug-likeness (QED) is 0.921. The summed E-state index contributed by atoms with van der Waals surface area (Å²) in [5, 5.41) is 0. The van der Waals surface area contributed by atoms with Gasteiger partial charge < -0.3 is 5.73 Å². The van der Waals surface area contributed by atoms with Crippen molar-refractivity contribution in [3.8, 4) is 0 Å². The zero-order chi connectivity index (χ0) is 13.8. The molecule has 1 heterocycles. The van der Waals surface area contributed by atoms with Crippen molar-refractivity contribution in [2.24, 2.45) is 5.73 Å². The minimum atomic E-state index is 0.147. The number of fused-ring (bicyclic) bond motifs is 1. The molecule has 0 amide bonds. The molecule has 0 saturated heterocycles. The molecule has 1 aliphatic rings. The summed E-state index contributed by atoms with van der Waals surface area (Å²) >= 11 is 0. The summed E-state index contributed by atoms with van der Waals surface area (Å²) in [6.07, 6.45) is 2.18. The van der Waals surface area contributed by atoms with Gasteiger partial charge in [-0.25, -0.2) is 0 Å². The van der Waals surface area contributed by atoms with Crippen LogP contribution in [0.1, 0.15) is 29.2 Å². The van der Waals surface area contributed by atoms with E-state index in [0.29, 0.717) is 0 Å². The van der Waals surface area contributed by atoms with E-state index in [-0.39, 0.29) is 6.04 Å². The topological polar surface area (TPSA) is 29.3 Å². The van der Waals surface area contributed by atoms with Gasteiger partial charge in [0.1, 0.15) is 0 Å². The third-order valence-corrected chi connectivity index (χ3v) is 4.19. The molecule has 0 fully saturated rings. The molecule has 2 aromatic carbocycles. The van der Waals surface area contributed by atoms with Crippen molar-refractivity contribution < 1.29 is 0 Å². The van der Waals surface area contributed by atoms with Gasteiger partial charge in [-0.3, -0.25) is 4.90 Å². The monoisotopic (exact) mass is 266 g/mol. The van der Waals surface area contributed by atoms with Gasteiger partial charge >= 0.3 is 0 Å². The Kier molecular flexibility index (Phi) is 4.14. The van der Waals surface area contributed by atoms with Gasteiger partial charge in [0, 0.05) is 25.7 Å². The van der Waals surface area contributed by atoms with Gasteiger partial charge in [0.25, 0.3) is 0 Å². The number of nitrogens with two attached hydrogens (primary N) is 1. The van der Waals surface area contributed by atoms with Crippen molar-refractivity contribution in [1.29, 1.82) is 0 Å². The van der Waals surface area contributed by atoms with Gasteiger partial charge in [-0.2, -0.15) is 0 Å². The van der Waals surface area contributed by atoms with Gasteiger partial charge in [0.05, 0.1) is 0 Å². The largest absolute Gasteiger partial charge is 0.324 e. The van der Waals surface area contributed by atoms with E-state index in [1.165, 1.54) is 16.7 Å². The second kappa shape index (κ2) is 6.21. The highest BCUT2D eigenvalue weighted by atomic mass is 15.1. The van der Waals surface area contributed by atoms with Gasteiger partial charge in [-0.15, -0.1) is 0 Å². The highest BCUT2D eigenvalue weighted by Gasteiger charge is 2.16. The summed E-state index contributed by atoms with van der Waals surface area (Å²) in [6.45, 7) is 3.29. The third-order valence-electron chi connectivity index (χ3n) is 4.19. The molecule has 1 unspecified atom stereocenters. The van der Waals surface area contributed by atoms with E-state index in [0.717, 1.165) is 32.5 Å². The van der Waals surface area contributed by atoms with E-state index >= 15 is 0 Å². The van der Waals surface area contributed by atoms with Crippen LogP contribution in [0.2, 0.25) is 0 Å². The molecule has 104 valence electrons. The molecule has 3 rings (SSSR count). The van der Waals surface area contributed by atoms with Crippen LogP contribution >= 0.6 is 0 Å². The predicted molar refractivity (Wildman–Crippen MR) is 83.4 cm³/mol. The number of hydrogen-bond acceptors (Lipinski definition) is 2. The second-order valence-electron chi connectivity index (χ2n) is 5.60. The lowest BCUT2D eigenvalue weighted by Gasteiger charge is -2.29. The van der Waals surface area contributed by atoms with Crippen LogP contribution in [0.25, 0.3) is 0 Å². The average molecular weight is 266 g/mol. The second-order valence-corrected chi connectivity index (χ2v) is 5.60. The zero-order valence-corrected chi connectivity index (χ0v) is 11.8. The van der Waals surface area contributed by atoms with E-state index < -0.39 is 0 Å². The van der Waals surface area contributed by atoms with Gasteiger partial charge in [0.15, 0.2) is 0 Å². The van der Waals surface area contributed by atoms with Crippen molar-refractivity contribution in [3.63, 3.8) is 0 Å². The first-order valence-electron chi connectivity index (χ1n) is 7.42. The summed E-state index contributed by atoms with van der Waals surface area (Å²) in [6, 6.07) is 19.3. The highest BCUT2D eigenvalue weighted by molar-refractivity contribution is 5.29. The molecule has 1 aliphatic heterocycles. The number of benzene rings is 2. The molecule has 0 radical (unpaired) electrons. The average Bonchev–Trinajstić information content (AvgIpc) is 2.53. The summed E-state index contributed by atoms with van der Waals surface area (Å²) in [5.41, 5.74) is 10.5. The molecule has 1 atom stereocenters. The Morgan fingerprint density at radius 3 is 2.45 bits per heavy atom. The normalized spacial score (nSPS) is 16.6. The highest BCUT2D eigenvalue weighted by Crippen LogP contribution is 2.20. The Hall–Kier alpha value is -1.64. The van der Waals surface area contributed by atoms with E-state index in [4.69, 9.17) is 5.73 Å². The SMILES string of the molecule is NC(CCN1CCc2ccccc2C1)c1ccccc1. The van der Waals surface area contributed by atoms with Crippen LogP contribution in [0.15, 0.2) is 54.6 Å². The first kappa shape index (κ1) is 13.3. The van der Waals surface area contributed by atoms with Crippen LogP contribution in [0, 0.1) is 0 Å². The number of hydrogen-bond donors (Lipinski definition) is 1. The van der Waals surface area contributed by atoms with Gasteiger partial charge in [-0.1, -0.05) is 54.6 Å². The minimum absolute atomic E-state index is 0.147. The Morgan fingerprint density at radius 2 is 1.65 bits per heavy atom. The predicted octanol–water partition coefficient (Wildman–Crippen LogP) is 3.13. The lowest BCUT2D eigenvalue weighted by atomic mass is 9.99. The van der Waals surface area contributed by atoms with E-state index in [9.17, 15) is 0 Å². The van der Waals surface area contributed by atoms with Crippen LogP contribution in [0.4, 0.5) is 0 Å². The molecule has 2 N–H and O–H groups in total. The van der Waals surface area contributed by atoms with Crippen LogP contribution in [-0.4, -0.2) is 18.0 Å². The maximum Gasteiger partial charge on any atom is 0.0307 e.